The molecule has 1 aliphatic rings. The lowest BCUT2D eigenvalue weighted by Crippen LogP contribution is -1.94. The summed E-state index contributed by atoms with van der Waals surface area (Å²) in [5.74, 6) is 0.699. The Hall–Kier alpha value is -5.93. The van der Waals surface area contributed by atoms with E-state index in [1.807, 2.05) is 30.5 Å². The molecule has 2 heterocycles. The third kappa shape index (κ3) is 3.66. The first-order valence-corrected chi connectivity index (χ1v) is 14.9. The highest BCUT2D eigenvalue weighted by atomic mass is 14.9. The van der Waals surface area contributed by atoms with Crippen LogP contribution in [0.15, 0.2) is 152 Å². The van der Waals surface area contributed by atoms with Crippen molar-refractivity contribution >= 4 is 21.5 Å². The number of hydrogen-bond acceptors (Lipinski definition) is 3. The summed E-state index contributed by atoms with van der Waals surface area (Å²) in [6.07, 6.45) is 3.63. The van der Waals surface area contributed by atoms with Crippen LogP contribution in [0.25, 0.3) is 88.8 Å². The zero-order chi connectivity index (χ0) is 29.0. The number of aromatic nitrogens is 3. The Bertz CT molecular complexity index is 2270. The molecule has 204 valence electrons. The molecule has 0 saturated carbocycles. The SMILES string of the molecule is c1ccc(-c2c3c(c(-c4ccccc4)c4ccccc24)-c2ccc(-c4nccc(-c5ccccn5)n4)c4cccc-3c24)cc1. The quantitative estimate of drug-likeness (QED) is 0.215. The molecular weight excluding hydrogens is 534 g/mol. The van der Waals surface area contributed by atoms with Gasteiger partial charge in [-0.15, -0.1) is 0 Å². The standard InChI is InChI=1S/C41H25N3/c1-3-12-26(13-4-1)36-28-16-7-8-17-29(28)37(27-14-5-2-6-15-27)40-33-22-21-31(30-18-11-19-32(38(30)33)39(36)40)41-43-25-23-35(44-41)34-20-9-10-24-42-34/h1-25H. The third-order valence-electron chi connectivity index (χ3n) is 8.74. The van der Waals surface area contributed by atoms with Crippen molar-refractivity contribution in [1.82, 2.24) is 15.0 Å². The van der Waals surface area contributed by atoms with Gasteiger partial charge < -0.3 is 0 Å². The molecule has 0 aliphatic heterocycles. The Labute approximate surface area is 255 Å². The first kappa shape index (κ1) is 24.6. The molecule has 0 spiro atoms. The second-order valence-corrected chi connectivity index (χ2v) is 11.1. The number of nitrogens with zero attached hydrogens (tertiary/aromatic N) is 3. The fourth-order valence-electron chi connectivity index (χ4n) is 6.95. The van der Waals surface area contributed by atoms with Gasteiger partial charge in [-0.2, -0.15) is 0 Å². The molecule has 8 aromatic rings. The largest absolute Gasteiger partial charge is 0.255 e. The molecule has 0 saturated heterocycles. The fraction of sp³-hybridized carbons (Fsp3) is 0. The highest BCUT2D eigenvalue weighted by molar-refractivity contribution is 6.28. The molecule has 0 radical (unpaired) electrons. The smallest absolute Gasteiger partial charge is 0.160 e. The van der Waals surface area contributed by atoms with Gasteiger partial charge in [0.2, 0.25) is 0 Å². The predicted octanol–water partition coefficient (Wildman–Crippen LogP) is 10.5. The fourth-order valence-corrected chi connectivity index (χ4v) is 6.95. The first-order chi connectivity index (χ1) is 21.9. The molecule has 1 aliphatic carbocycles. The maximum Gasteiger partial charge on any atom is 0.160 e. The number of rotatable bonds is 4. The number of hydrogen-bond donors (Lipinski definition) is 0. The molecule has 0 atom stereocenters. The predicted molar refractivity (Wildman–Crippen MR) is 181 cm³/mol. The first-order valence-electron chi connectivity index (χ1n) is 14.9. The normalized spacial score (nSPS) is 11.6. The summed E-state index contributed by atoms with van der Waals surface area (Å²) in [6, 6.07) is 49.4. The zero-order valence-electron chi connectivity index (χ0n) is 23.8. The Balaban J connectivity index is 1.39. The van der Waals surface area contributed by atoms with Crippen LogP contribution >= 0.6 is 0 Å². The van der Waals surface area contributed by atoms with Crippen molar-refractivity contribution in [3.8, 4) is 67.3 Å². The van der Waals surface area contributed by atoms with Crippen LogP contribution in [-0.2, 0) is 0 Å². The van der Waals surface area contributed by atoms with E-state index in [2.05, 4.69) is 120 Å². The van der Waals surface area contributed by atoms with E-state index in [1.165, 1.54) is 60.7 Å². The van der Waals surface area contributed by atoms with Crippen LogP contribution in [0.3, 0.4) is 0 Å². The molecule has 9 rings (SSSR count). The third-order valence-corrected chi connectivity index (χ3v) is 8.74. The summed E-state index contributed by atoms with van der Waals surface area (Å²) in [5.41, 5.74) is 12.7. The van der Waals surface area contributed by atoms with Crippen molar-refractivity contribution < 1.29 is 0 Å². The van der Waals surface area contributed by atoms with Crippen LogP contribution in [0.2, 0.25) is 0 Å². The zero-order valence-corrected chi connectivity index (χ0v) is 23.8. The molecule has 3 nitrogen and oxygen atoms in total. The number of pyridine rings is 1. The molecule has 0 N–H and O–H groups in total. The van der Waals surface area contributed by atoms with Gasteiger partial charge in [-0.25, -0.2) is 9.97 Å². The molecule has 44 heavy (non-hydrogen) atoms. The second kappa shape index (κ2) is 9.82. The van der Waals surface area contributed by atoms with Gasteiger partial charge in [0, 0.05) is 18.0 Å². The van der Waals surface area contributed by atoms with Crippen LogP contribution in [0.5, 0.6) is 0 Å². The number of fused-ring (bicyclic) bond motifs is 4. The Morgan fingerprint density at radius 2 is 0.932 bits per heavy atom. The summed E-state index contributed by atoms with van der Waals surface area (Å²) in [6.45, 7) is 0. The molecule has 0 bridgehead atoms. The number of benzene rings is 6. The van der Waals surface area contributed by atoms with E-state index in [0.717, 1.165) is 22.3 Å². The average Bonchev–Trinajstić information content (AvgIpc) is 3.43. The average molecular weight is 560 g/mol. The summed E-state index contributed by atoms with van der Waals surface area (Å²) >= 11 is 0. The Morgan fingerprint density at radius 3 is 1.59 bits per heavy atom. The van der Waals surface area contributed by atoms with Gasteiger partial charge in [0.05, 0.1) is 11.4 Å². The van der Waals surface area contributed by atoms with Crippen LogP contribution < -0.4 is 0 Å². The van der Waals surface area contributed by atoms with E-state index >= 15 is 0 Å². The molecule has 3 heteroatoms. The van der Waals surface area contributed by atoms with Crippen molar-refractivity contribution in [2.45, 2.75) is 0 Å². The van der Waals surface area contributed by atoms with E-state index in [0.29, 0.717) is 5.82 Å². The van der Waals surface area contributed by atoms with Crippen LogP contribution in [0.4, 0.5) is 0 Å². The molecule has 0 unspecified atom stereocenters. The topological polar surface area (TPSA) is 38.7 Å². The van der Waals surface area contributed by atoms with E-state index in [1.54, 1.807) is 6.20 Å². The van der Waals surface area contributed by atoms with Crippen molar-refractivity contribution in [2.75, 3.05) is 0 Å². The highest BCUT2D eigenvalue weighted by Gasteiger charge is 2.31. The van der Waals surface area contributed by atoms with E-state index in [9.17, 15) is 0 Å². The maximum absolute atomic E-state index is 4.99. The summed E-state index contributed by atoms with van der Waals surface area (Å²) in [7, 11) is 0. The Kier molecular flexibility index (Phi) is 5.50. The molecule has 6 aromatic carbocycles. The van der Waals surface area contributed by atoms with Crippen molar-refractivity contribution in [3.63, 3.8) is 0 Å². The van der Waals surface area contributed by atoms with Crippen LogP contribution in [0.1, 0.15) is 0 Å². The summed E-state index contributed by atoms with van der Waals surface area (Å²) in [5, 5.41) is 4.91. The van der Waals surface area contributed by atoms with Gasteiger partial charge in [0.1, 0.15) is 0 Å². The molecular formula is C41H25N3. The summed E-state index contributed by atoms with van der Waals surface area (Å²) in [4.78, 5) is 14.3. The summed E-state index contributed by atoms with van der Waals surface area (Å²) < 4.78 is 0. The van der Waals surface area contributed by atoms with Crippen LogP contribution in [-0.4, -0.2) is 15.0 Å². The van der Waals surface area contributed by atoms with E-state index in [-0.39, 0.29) is 0 Å². The minimum absolute atomic E-state index is 0.699. The molecule has 2 aromatic heterocycles. The highest BCUT2D eigenvalue weighted by Crippen LogP contribution is 2.58. The minimum atomic E-state index is 0.699. The van der Waals surface area contributed by atoms with Crippen LogP contribution in [0, 0.1) is 0 Å². The van der Waals surface area contributed by atoms with Crippen molar-refractivity contribution in [2.24, 2.45) is 0 Å². The van der Waals surface area contributed by atoms with Crippen molar-refractivity contribution in [1.29, 1.82) is 0 Å². The molecule has 0 amide bonds. The van der Waals surface area contributed by atoms with Crippen molar-refractivity contribution in [3.05, 3.63) is 152 Å². The van der Waals surface area contributed by atoms with Gasteiger partial charge >= 0.3 is 0 Å². The van der Waals surface area contributed by atoms with Gasteiger partial charge in [-0.3, -0.25) is 4.98 Å². The van der Waals surface area contributed by atoms with E-state index in [4.69, 9.17) is 9.97 Å². The lowest BCUT2D eigenvalue weighted by atomic mass is 9.82. The lowest BCUT2D eigenvalue weighted by molar-refractivity contribution is 1.16. The second-order valence-electron chi connectivity index (χ2n) is 11.1. The minimum Gasteiger partial charge on any atom is -0.255 e. The monoisotopic (exact) mass is 559 g/mol. The lowest BCUT2D eigenvalue weighted by Gasteiger charge is -2.20. The maximum atomic E-state index is 4.99. The van der Waals surface area contributed by atoms with Gasteiger partial charge in [-0.05, 0) is 90.3 Å². The molecule has 0 fully saturated rings. The van der Waals surface area contributed by atoms with Gasteiger partial charge in [-0.1, -0.05) is 115 Å². The Morgan fingerprint density at radius 1 is 0.341 bits per heavy atom. The van der Waals surface area contributed by atoms with Gasteiger partial charge in [0.15, 0.2) is 5.82 Å². The van der Waals surface area contributed by atoms with Gasteiger partial charge in [0.25, 0.3) is 0 Å². The van der Waals surface area contributed by atoms with E-state index < -0.39 is 0 Å².